The van der Waals surface area contributed by atoms with E-state index in [0.717, 1.165) is 5.56 Å². The molecule has 0 bridgehead atoms. The Kier molecular flexibility index (Phi) is 3.41. The van der Waals surface area contributed by atoms with Crippen molar-refractivity contribution in [2.75, 3.05) is 5.73 Å². The maximum Gasteiger partial charge on any atom is 0.227 e. The molecule has 1 aromatic carbocycles. The second-order valence-corrected chi connectivity index (χ2v) is 3.91. The smallest absolute Gasteiger partial charge is 0.227 e. The van der Waals surface area contributed by atoms with Gasteiger partial charge in [0.1, 0.15) is 23.7 Å². The summed E-state index contributed by atoms with van der Waals surface area (Å²) in [5.41, 5.74) is 7.02. The van der Waals surface area contributed by atoms with Gasteiger partial charge in [-0.25, -0.2) is 14.4 Å². The van der Waals surface area contributed by atoms with Gasteiger partial charge in [0, 0.05) is 0 Å². The summed E-state index contributed by atoms with van der Waals surface area (Å²) in [6, 6.07) is 4.54. The maximum absolute atomic E-state index is 13.1. The molecule has 0 aliphatic heterocycles. The number of nitrogens with zero attached hydrogens (tertiary/aromatic N) is 2. The molecule has 0 spiro atoms. The summed E-state index contributed by atoms with van der Waals surface area (Å²) in [5, 5.41) is 0. The molecule has 0 saturated heterocycles. The molecule has 4 nitrogen and oxygen atoms in total. The zero-order valence-corrected chi connectivity index (χ0v) is 10.3. The van der Waals surface area contributed by atoms with Crippen molar-refractivity contribution >= 4 is 5.82 Å². The number of aromatic nitrogens is 2. The molecule has 0 fully saturated rings. The van der Waals surface area contributed by atoms with Crippen LogP contribution in [0.25, 0.3) is 0 Å². The van der Waals surface area contributed by atoms with Crippen LogP contribution >= 0.6 is 0 Å². The van der Waals surface area contributed by atoms with Gasteiger partial charge in [0.05, 0.1) is 5.56 Å². The van der Waals surface area contributed by atoms with Crippen LogP contribution in [0.4, 0.5) is 10.2 Å². The lowest BCUT2D eigenvalue weighted by Crippen LogP contribution is -2.01. The Morgan fingerprint density at radius 3 is 2.78 bits per heavy atom. The molecule has 2 aromatic rings. The van der Waals surface area contributed by atoms with Gasteiger partial charge in [-0.3, -0.25) is 0 Å². The quantitative estimate of drug-likeness (QED) is 0.905. The molecule has 18 heavy (non-hydrogen) atoms. The number of ether oxygens (including phenoxy) is 1. The number of hydrogen-bond acceptors (Lipinski definition) is 4. The number of benzene rings is 1. The molecular weight excluding hydrogens is 233 g/mol. The SMILES string of the molecule is CCc1c(N)ncnc1Oc1ccc(F)c(C)c1. The minimum absolute atomic E-state index is 0.264. The third-order valence-electron chi connectivity index (χ3n) is 2.64. The van der Waals surface area contributed by atoms with Gasteiger partial charge in [0.2, 0.25) is 5.88 Å². The fraction of sp³-hybridized carbons (Fsp3) is 0.231. The van der Waals surface area contributed by atoms with Gasteiger partial charge in [-0.15, -0.1) is 0 Å². The monoisotopic (exact) mass is 247 g/mol. The van der Waals surface area contributed by atoms with Crippen molar-refractivity contribution in [3.8, 4) is 11.6 Å². The highest BCUT2D eigenvalue weighted by molar-refractivity contribution is 5.46. The minimum atomic E-state index is -0.264. The largest absolute Gasteiger partial charge is 0.439 e. The van der Waals surface area contributed by atoms with Crippen LogP contribution in [0.1, 0.15) is 18.1 Å². The van der Waals surface area contributed by atoms with Crippen LogP contribution in [-0.2, 0) is 6.42 Å². The summed E-state index contributed by atoms with van der Waals surface area (Å²) in [7, 11) is 0. The summed E-state index contributed by atoms with van der Waals surface area (Å²) in [4.78, 5) is 7.96. The first-order valence-corrected chi connectivity index (χ1v) is 5.65. The van der Waals surface area contributed by atoms with Crippen LogP contribution in [0.5, 0.6) is 11.6 Å². The second-order valence-electron chi connectivity index (χ2n) is 3.91. The number of anilines is 1. The van der Waals surface area contributed by atoms with Crippen molar-refractivity contribution in [1.82, 2.24) is 9.97 Å². The Bertz CT molecular complexity index is 572. The summed E-state index contributed by atoms with van der Waals surface area (Å²) in [5.74, 6) is 1.08. The molecule has 0 atom stereocenters. The Balaban J connectivity index is 2.34. The average molecular weight is 247 g/mol. The van der Waals surface area contributed by atoms with E-state index in [9.17, 15) is 4.39 Å². The van der Waals surface area contributed by atoms with Crippen molar-refractivity contribution < 1.29 is 9.13 Å². The van der Waals surface area contributed by atoms with Gasteiger partial charge in [-0.05, 0) is 37.1 Å². The highest BCUT2D eigenvalue weighted by Gasteiger charge is 2.10. The van der Waals surface area contributed by atoms with Gasteiger partial charge in [0.15, 0.2) is 0 Å². The van der Waals surface area contributed by atoms with Gasteiger partial charge < -0.3 is 10.5 Å². The first kappa shape index (κ1) is 12.3. The molecule has 1 aromatic heterocycles. The third-order valence-corrected chi connectivity index (χ3v) is 2.64. The van der Waals surface area contributed by atoms with Gasteiger partial charge in [-0.1, -0.05) is 6.92 Å². The van der Waals surface area contributed by atoms with Crippen LogP contribution in [-0.4, -0.2) is 9.97 Å². The number of nitrogens with two attached hydrogens (primary N) is 1. The van der Waals surface area contributed by atoms with E-state index in [-0.39, 0.29) is 5.82 Å². The molecule has 1 heterocycles. The predicted octanol–water partition coefficient (Wildman–Crippen LogP) is 2.86. The van der Waals surface area contributed by atoms with Crippen LogP contribution in [0.2, 0.25) is 0 Å². The van der Waals surface area contributed by atoms with Crippen LogP contribution in [0, 0.1) is 12.7 Å². The summed E-state index contributed by atoms with van der Waals surface area (Å²) < 4.78 is 18.8. The van der Waals surface area contributed by atoms with Gasteiger partial charge in [-0.2, -0.15) is 0 Å². The number of aryl methyl sites for hydroxylation is 1. The van der Waals surface area contributed by atoms with E-state index in [1.54, 1.807) is 19.1 Å². The molecule has 0 unspecified atom stereocenters. The molecule has 0 aliphatic rings. The lowest BCUT2D eigenvalue weighted by molar-refractivity contribution is 0.453. The summed E-state index contributed by atoms with van der Waals surface area (Å²) in [6.07, 6.45) is 2.02. The van der Waals surface area contributed by atoms with Crippen molar-refractivity contribution in [1.29, 1.82) is 0 Å². The molecule has 94 valence electrons. The standard InChI is InChI=1S/C13H14FN3O/c1-3-10-12(15)16-7-17-13(10)18-9-4-5-11(14)8(2)6-9/h4-7H,3H2,1-2H3,(H2,15,16,17). The number of rotatable bonds is 3. The highest BCUT2D eigenvalue weighted by Crippen LogP contribution is 2.26. The fourth-order valence-corrected chi connectivity index (χ4v) is 1.62. The van der Waals surface area contributed by atoms with E-state index in [2.05, 4.69) is 9.97 Å². The van der Waals surface area contributed by atoms with E-state index in [1.807, 2.05) is 6.92 Å². The maximum atomic E-state index is 13.1. The molecular formula is C13H14FN3O. The number of hydrogen-bond donors (Lipinski definition) is 1. The number of halogens is 1. The summed E-state index contributed by atoms with van der Waals surface area (Å²) >= 11 is 0. The Labute approximate surface area is 105 Å². The third kappa shape index (κ3) is 2.40. The average Bonchev–Trinajstić information content (AvgIpc) is 2.34. The normalized spacial score (nSPS) is 10.4. The van der Waals surface area contributed by atoms with E-state index in [0.29, 0.717) is 29.4 Å². The highest BCUT2D eigenvalue weighted by atomic mass is 19.1. The van der Waals surface area contributed by atoms with Crippen molar-refractivity contribution in [2.24, 2.45) is 0 Å². The molecule has 2 rings (SSSR count). The molecule has 5 heteroatoms. The topological polar surface area (TPSA) is 61.0 Å². The Hall–Kier alpha value is -2.17. The minimum Gasteiger partial charge on any atom is -0.439 e. The molecule has 0 radical (unpaired) electrons. The zero-order valence-electron chi connectivity index (χ0n) is 10.3. The first-order chi connectivity index (χ1) is 8.61. The van der Waals surface area contributed by atoms with E-state index >= 15 is 0 Å². The second kappa shape index (κ2) is 5.00. The van der Waals surface area contributed by atoms with Crippen LogP contribution < -0.4 is 10.5 Å². The fourth-order valence-electron chi connectivity index (χ4n) is 1.62. The van der Waals surface area contributed by atoms with Gasteiger partial charge >= 0.3 is 0 Å². The van der Waals surface area contributed by atoms with E-state index in [1.165, 1.54) is 12.4 Å². The van der Waals surface area contributed by atoms with Crippen molar-refractivity contribution in [3.63, 3.8) is 0 Å². The Morgan fingerprint density at radius 2 is 2.11 bits per heavy atom. The van der Waals surface area contributed by atoms with Crippen LogP contribution in [0.3, 0.4) is 0 Å². The van der Waals surface area contributed by atoms with E-state index in [4.69, 9.17) is 10.5 Å². The summed E-state index contributed by atoms with van der Waals surface area (Å²) in [6.45, 7) is 3.62. The molecule has 0 aliphatic carbocycles. The van der Waals surface area contributed by atoms with E-state index < -0.39 is 0 Å². The van der Waals surface area contributed by atoms with Gasteiger partial charge in [0.25, 0.3) is 0 Å². The van der Waals surface area contributed by atoms with Crippen molar-refractivity contribution in [3.05, 3.63) is 41.5 Å². The van der Waals surface area contributed by atoms with Crippen LogP contribution in [0.15, 0.2) is 24.5 Å². The Morgan fingerprint density at radius 1 is 1.33 bits per heavy atom. The molecule has 0 amide bonds. The lowest BCUT2D eigenvalue weighted by atomic mass is 10.2. The predicted molar refractivity (Wildman–Crippen MR) is 67.0 cm³/mol. The first-order valence-electron chi connectivity index (χ1n) is 5.65. The van der Waals surface area contributed by atoms with Crippen molar-refractivity contribution in [2.45, 2.75) is 20.3 Å². The lowest BCUT2D eigenvalue weighted by Gasteiger charge is -2.10. The molecule has 0 saturated carbocycles. The number of nitrogen functional groups attached to an aromatic ring is 1. The zero-order chi connectivity index (χ0) is 13.1. The molecule has 2 N–H and O–H groups in total.